The molecule has 21 heavy (non-hydrogen) atoms. The summed E-state index contributed by atoms with van der Waals surface area (Å²) in [5.74, 6) is 0.800. The summed E-state index contributed by atoms with van der Waals surface area (Å²) in [6, 6.07) is 11.1. The number of carbonyl (C=O) groups excluding carboxylic acids is 1. The number of fused-ring (bicyclic) bond motifs is 1. The van der Waals surface area contributed by atoms with Crippen molar-refractivity contribution in [3.05, 3.63) is 47.6 Å². The number of pyridine rings is 1. The maximum Gasteiger partial charge on any atom is 0.178 e. The Labute approximate surface area is 133 Å². The van der Waals surface area contributed by atoms with E-state index < -0.39 is 0 Å². The zero-order valence-electron chi connectivity index (χ0n) is 11.3. The van der Waals surface area contributed by atoms with Crippen LogP contribution >= 0.6 is 24.0 Å². The smallest absolute Gasteiger partial charge is 0.178 e. The van der Waals surface area contributed by atoms with Gasteiger partial charge in [-0.05, 0) is 43.3 Å². The van der Waals surface area contributed by atoms with Gasteiger partial charge < -0.3 is 4.57 Å². The van der Waals surface area contributed by atoms with E-state index in [0.29, 0.717) is 10.7 Å². The summed E-state index contributed by atoms with van der Waals surface area (Å²) in [6.45, 7) is 1.84. The van der Waals surface area contributed by atoms with Gasteiger partial charge in [-0.15, -0.1) is 12.4 Å². The average molecular weight is 322 g/mol. The highest BCUT2D eigenvalue weighted by Crippen LogP contribution is 2.25. The lowest BCUT2D eigenvalue weighted by Crippen LogP contribution is -2.07. The van der Waals surface area contributed by atoms with Crippen molar-refractivity contribution in [1.82, 2.24) is 14.5 Å². The summed E-state index contributed by atoms with van der Waals surface area (Å²) in [6.07, 6.45) is 1.69. The minimum absolute atomic E-state index is 0. The predicted molar refractivity (Wildman–Crippen MR) is 85.9 cm³/mol. The molecule has 0 spiro atoms. The van der Waals surface area contributed by atoms with Gasteiger partial charge in [0.25, 0.3) is 0 Å². The number of Topliss-reactive ketones (excluding diaryl/α,β-unsaturated/α-hetero) is 1. The number of carbonyl (C=O) groups is 1. The van der Waals surface area contributed by atoms with Gasteiger partial charge in [-0.2, -0.15) is 0 Å². The number of benzene rings is 1. The van der Waals surface area contributed by atoms with E-state index in [4.69, 9.17) is 11.6 Å². The topological polar surface area (TPSA) is 47.8 Å². The molecule has 0 aliphatic heterocycles. The molecule has 0 fully saturated rings. The fourth-order valence-corrected chi connectivity index (χ4v) is 2.29. The highest BCUT2D eigenvalue weighted by molar-refractivity contribution is 6.30. The first-order valence-corrected chi connectivity index (χ1v) is 6.59. The number of ketones is 1. The average Bonchev–Trinajstić information content (AvgIpc) is 2.78. The second-order valence-corrected chi connectivity index (χ2v) is 5.01. The fraction of sp³-hybridized carbons (Fsp3) is 0.133. The van der Waals surface area contributed by atoms with Crippen LogP contribution in [0.2, 0.25) is 5.02 Å². The molecule has 3 rings (SSSR count). The molecule has 2 aromatic heterocycles. The Kier molecular flexibility index (Phi) is 4.60. The molecule has 0 atom stereocenters. The molecule has 108 valence electrons. The third kappa shape index (κ3) is 3.06. The summed E-state index contributed by atoms with van der Waals surface area (Å²) in [5.41, 5.74) is 2.40. The van der Waals surface area contributed by atoms with E-state index in [0.717, 1.165) is 16.9 Å². The quantitative estimate of drug-likeness (QED) is 0.737. The number of hydrogen-bond donors (Lipinski definition) is 0. The number of aromatic nitrogens is 3. The Morgan fingerprint density at radius 3 is 2.62 bits per heavy atom. The third-order valence-electron chi connectivity index (χ3n) is 3.01. The van der Waals surface area contributed by atoms with Crippen LogP contribution in [-0.4, -0.2) is 20.3 Å². The summed E-state index contributed by atoms with van der Waals surface area (Å²) >= 11 is 5.91. The van der Waals surface area contributed by atoms with Crippen molar-refractivity contribution < 1.29 is 4.79 Å². The minimum Gasteiger partial charge on any atom is -0.315 e. The Balaban J connectivity index is 0.00000161. The van der Waals surface area contributed by atoms with Crippen LogP contribution in [0, 0.1) is 0 Å². The van der Waals surface area contributed by atoms with Crippen molar-refractivity contribution in [3.8, 4) is 11.4 Å². The van der Waals surface area contributed by atoms with Crippen LogP contribution in [-0.2, 0) is 11.3 Å². The van der Waals surface area contributed by atoms with Crippen LogP contribution in [0.4, 0.5) is 0 Å². The summed E-state index contributed by atoms with van der Waals surface area (Å²) in [4.78, 5) is 20.3. The Morgan fingerprint density at radius 1 is 1.24 bits per heavy atom. The van der Waals surface area contributed by atoms with E-state index in [1.54, 1.807) is 13.1 Å². The largest absolute Gasteiger partial charge is 0.315 e. The van der Waals surface area contributed by atoms with Gasteiger partial charge in [0.2, 0.25) is 0 Å². The molecule has 0 saturated carbocycles. The molecule has 1 aromatic carbocycles. The molecule has 4 nitrogen and oxygen atoms in total. The van der Waals surface area contributed by atoms with Crippen LogP contribution in [0.5, 0.6) is 0 Å². The van der Waals surface area contributed by atoms with Crippen molar-refractivity contribution in [2.75, 3.05) is 0 Å². The van der Waals surface area contributed by atoms with Gasteiger partial charge in [0.15, 0.2) is 5.65 Å². The SMILES string of the molecule is CC(=O)Cn1c(-c2ccc(Cl)cc2)nc2ncccc21.Cl. The van der Waals surface area contributed by atoms with E-state index in [1.807, 2.05) is 41.0 Å². The van der Waals surface area contributed by atoms with Gasteiger partial charge in [0.05, 0.1) is 12.1 Å². The first kappa shape index (κ1) is 15.5. The molecular weight excluding hydrogens is 309 g/mol. The van der Waals surface area contributed by atoms with E-state index in [2.05, 4.69) is 9.97 Å². The maximum atomic E-state index is 11.5. The van der Waals surface area contributed by atoms with Crippen LogP contribution < -0.4 is 0 Å². The maximum absolute atomic E-state index is 11.5. The predicted octanol–water partition coefficient (Wildman–Crippen LogP) is 3.76. The highest BCUT2D eigenvalue weighted by atomic mass is 35.5. The highest BCUT2D eigenvalue weighted by Gasteiger charge is 2.14. The van der Waals surface area contributed by atoms with Gasteiger partial charge in [-0.3, -0.25) is 4.79 Å². The molecule has 0 saturated heterocycles. The number of imidazole rings is 1. The first-order valence-electron chi connectivity index (χ1n) is 6.22. The molecule has 0 aliphatic rings. The molecular formula is C15H13Cl2N3O. The lowest BCUT2D eigenvalue weighted by atomic mass is 10.2. The first-order chi connectivity index (χ1) is 9.65. The third-order valence-corrected chi connectivity index (χ3v) is 3.26. The van der Waals surface area contributed by atoms with Crippen molar-refractivity contribution in [1.29, 1.82) is 0 Å². The summed E-state index contributed by atoms with van der Waals surface area (Å²) in [7, 11) is 0. The molecule has 0 unspecified atom stereocenters. The van der Waals surface area contributed by atoms with Gasteiger partial charge in [-0.1, -0.05) is 11.6 Å². The molecule has 0 bridgehead atoms. The zero-order chi connectivity index (χ0) is 14.1. The summed E-state index contributed by atoms with van der Waals surface area (Å²) in [5, 5.41) is 0.668. The van der Waals surface area contributed by atoms with Gasteiger partial charge >= 0.3 is 0 Å². The molecule has 0 amide bonds. The molecule has 6 heteroatoms. The second-order valence-electron chi connectivity index (χ2n) is 4.58. The van der Waals surface area contributed by atoms with Crippen molar-refractivity contribution in [3.63, 3.8) is 0 Å². The molecule has 3 aromatic rings. The normalized spacial score (nSPS) is 10.4. The number of nitrogens with zero attached hydrogens (tertiary/aromatic N) is 3. The van der Waals surface area contributed by atoms with Gasteiger partial charge in [-0.25, -0.2) is 9.97 Å². The van der Waals surface area contributed by atoms with Crippen LogP contribution in [0.1, 0.15) is 6.92 Å². The molecule has 0 N–H and O–H groups in total. The number of halogens is 2. The molecule has 0 aliphatic carbocycles. The molecule has 0 radical (unpaired) electrons. The Bertz CT molecular complexity index is 781. The number of rotatable bonds is 3. The minimum atomic E-state index is 0. The fourth-order valence-electron chi connectivity index (χ4n) is 2.16. The van der Waals surface area contributed by atoms with Crippen LogP contribution in [0.3, 0.4) is 0 Å². The Hall–Kier alpha value is -1.91. The second kappa shape index (κ2) is 6.24. The lowest BCUT2D eigenvalue weighted by Gasteiger charge is -2.07. The summed E-state index contributed by atoms with van der Waals surface area (Å²) < 4.78 is 1.88. The van der Waals surface area contributed by atoms with E-state index in [1.165, 1.54) is 0 Å². The Morgan fingerprint density at radius 2 is 1.95 bits per heavy atom. The van der Waals surface area contributed by atoms with Gasteiger partial charge in [0.1, 0.15) is 11.6 Å². The van der Waals surface area contributed by atoms with E-state index in [-0.39, 0.29) is 24.7 Å². The monoisotopic (exact) mass is 321 g/mol. The van der Waals surface area contributed by atoms with E-state index in [9.17, 15) is 4.79 Å². The van der Waals surface area contributed by atoms with Crippen molar-refractivity contribution in [2.24, 2.45) is 0 Å². The lowest BCUT2D eigenvalue weighted by molar-refractivity contribution is -0.117. The zero-order valence-corrected chi connectivity index (χ0v) is 12.9. The van der Waals surface area contributed by atoms with Crippen LogP contribution in [0.15, 0.2) is 42.6 Å². The van der Waals surface area contributed by atoms with Crippen LogP contribution in [0.25, 0.3) is 22.6 Å². The van der Waals surface area contributed by atoms with Gasteiger partial charge in [0, 0.05) is 16.8 Å². The standard InChI is InChI=1S/C15H12ClN3O.ClH/c1-10(20)9-19-13-3-2-8-17-14(13)18-15(19)11-4-6-12(16)7-5-11;/h2-8H,9H2,1H3;1H. The number of hydrogen-bond acceptors (Lipinski definition) is 3. The van der Waals surface area contributed by atoms with Crippen molar-refractivity contribution >= 4 is 41.0 Å². The molecule has 2 heterocycles. The van der Waals surface area contributed by atoms with E-state index >= 15 is 0 Å². The van der Waals surface area contributed by atoms with Crippen molar-refractivity contribution in [2.45, 2.75) is 13.5 Å².